The smallest absolute Gasteiger partial charge is 0.345 e. The SMILES string of the molecule is N=C(c1csc(C(=O)O)c1)c1c(NCc2ccc(O)cc2)cc[nH]c1=O. The summed E-state index contributed by atoms with van der Waals surface area (Å²) in [6.45, 7) is 0.397. The minimum atomic E-state index is -1.07. The Hall–Kier alpha value is -3.39. The van der Waals surface area contributed by atoms with Gasteiger partial charge >= 0.3 is 5.97 Å². The van der Waals surface area contributed by atoms with E-state index in [9.17, 15) is 14.7 Å². The van der Waals surface area contributed by atoms with Crippen molar-refractivity contribution in [3.8, 4) is 5.75 Å². The molecule has 0 aliphatic heterocycles. The Balaban J connectivity index is 1.89. The second-order valence-electron chi connectivity index (χ2n) is 5.50. The van der Waals surface area contributed by atoms with E-state index >= 15 is 0 Å². The van der Waals surface area contributed by atoms with Crippen LogP contribution in [0.4, 0.5) is 5.69 Å². The molecule has 0 bridgehead atoms. The van der Waals surface area contributed by atoms with Gasteiger partial charge in [-0.25, -0.2) is 4.79 Å². The molecule has 0 saturated carbocycles. The monoisotopic (exact) mass is 369 g/mol. The highest BCUT2D eigenvalue weighted by Crippen LogP contribution is 2.21. The number of H-pyrrole nitrogens is 1. The first-order chi connectivity index (χ1) is 12.5. The minimum Gasteiger partial charge on any atom is -0.508 e. The Labute approximate surface area is 152 Å². The van der Waals surface area contributed by atoms with Crippen molar-refractivity contribution < 1.29 is 15.0 Å². The van der Waals surface area contributed by atoms with Crippen LogP contribution in [0.15, 0.2) is 52.8 Å². The lowest BCUT2D eigenvalue weighted by Crippen LogP contribution is -2.20. The predicted molar refractivity (Wildman–Crippen MR) is 99.7 cm³/mol. The molecule has 5 N–H and O–H groups in total. The van der Waals surface area contributed by atoms with Gasteiger partial charge in [-0.3, -0.25) is 10.2 Å². The fourth-order valence-corrected chi connectivity index (χ4v) is 3.14. The van der Waals surface area contributed by atoms with Crippen LogP contribution in [0.25, 0.3) is 0 Å². The molecule has 1 aromatic carbocycles. The average molecular weight is 369 g/mol. The second kappa shape index (κ2) is 7.24. The molecule has 0 unspecified atom stereocenters. The van der Waals surface area contributed by atoms with Gasteiger partial charge in [0.1, 0.15) is 10.6 Å². The van der Waals surface area contributed by atoms with Crippen molar-refractivity contribution in [1.82, 2.24) is 4.98 Å². The number of hydrogen-bond donors (Lipinski definition) is 5. The molecule has 0 saturated heterocycles. The highest BCUT2D eigenvalue weighted by molar-refractivity contribution is 7.12. The van der Waals surface area contributed by atoms with Crippen LogP contribution in [-0.4, -0.2) is 26.9 Å². The number of benzene rings is 1. The third-order valence-electron chi connectivity index (χ3n) is 3.73. The van der Waals surface area contributed by atoms with Crippen LogP contribution in [0.3, 0.4) is 0 Å². The molecule has 0 aliphatic rings. The predicted octanol–water partition coefficient (Wildman–Crippen LogP) is 2.87. The second-order valence-corrected chi connectivity index (χ2v) is 6.41. The quantitative estimate of drug-likeness (QED) is 0.427. The molecule has 2 heterocycles. The molecule has 8 heteroatoms. The maximum absolute atomic E-state index is 12.3. The van der Waals surface area contributed by atoms with Crippen LogP contribution < -0.4 is 10.9 Å². The number of phenolic OH excluding ortho intramolecular Hbond substituents is 1. The number of nitrogens with one attached hydrogen (secondary N) is 3. The number of hydrogen-bond acceptors (Lipinski definition) is 6. The van der Waals surface area contributed by atoms with Gasteiger partial charge in [0.15, 0.2) is 0 Å². The molecule has 26 heavy (non-hydrogen) atoms. The van der Waals surface area contributed by atoms with Gasteiger partial charge in [-0.1, -0.05) is 12.1 Å². The lowest BCUT2D eigenvalue weighted by molar-refractivity contribution is 0.0702. The van der Waals surface area contributed by atoms with Gasteiger partial charge in [0.25, 0.3) is 5.56 Å². The van der Waals surface area contributed by atoms with Crippen LogP contribution >= 0.6 is 11.3 Å². The molecule has 3 rings (SSSR count). The summed E-state index contributed by atoms with van der Waals surface area (Å²) in [5.41, 5.74) is 1.38. The number of aromatic hydroxyl groups is 1. The first kappa shape index (κ1) is 17.4. The zero-order valence-corrected chi connectivity index (χ0v) is 14.3. The van der Waals surface area contributed by atoms with E-state index in [1.165, 1.54) is 12.3 Å². The fraction of sp³-hybridized carbons (Fsp3) is 0.0556. The molecule has 132 valence electrons. The highest BCUT2D eigenvalue weighted by atomic mass is 32.1. The zero-order chi connectivity index (χ0) is 18.7. The number of thiophene rings is 1. The van der Waals surface area contributed by atoms with Gasteiger partial charge in [0.05, 0.1) is 17.0 Å². The topological polar surface area (TPSA) is 126 Å². The third-order valence-corrected chi connectivity index (χ3v) is 4.65. The summed E-state index contributed by atoms with van der Waals surface area (Å²) < 4.78 is 0. The Morgan fingerprint density at radius 2 is 1.96 bits per heavy atom. The maximum atomic E-state index is 12.3. The first-order valence-corrected chi connectivity index (χ1v) is 8.48. The van der Waals surface area contributed by atoms with Gasteiger partial charge in [0.2, 0.25) is 0 Å². The van der Waals surface area contributed by atoms with Gasteiger partial charge < -0.3 is 20.5 Å². The van der Waals surface area contributed by atoms with Crippen LogP contribution in [0, 0.1) is 5.41 Å². The average Bonchev–Trinajstić information content (AvgIpc) is 3.11. The number of anilines is 1. The number of aromatic carboxylic acids is 1. The minimum absolute atomic E-state index is 0.0520. The van der Waals surface area contributed by atoms with Gasteiger partial charge in [-0.2, -0.15) is 0 Å². The highest BCUT2D eigenvalue weighted by Gasteiger charge is 2.17. The molecule has 0 radical (unpaired) electrons. The number of phenols is 1. The third kappa shape index (κ3) is 3.65. The largest absolute Gasteiger partial charge is 0.508 e. The summed E-state index contributed by atoms with van der Waals surface area (Å²) in [5.74, 6) is -0.902. The zero-order valence-electron chi connectivity index (χ0n) is 13.4. The van der Waals surface area contributed by atoms with E-state index in [2.05, 4.69) is 10.3 Å². The van der Waals surface area contributed by atoms with E-state index in [0.717, 1.165) is 16.9 Å². The van der Waals surface area contributed by atoms with Crippen molar-refractivity contribution in [3.05, 3.63) is 79.9 Å². The molecular weight excluding hydrogens is 354 g/mol. The summed E-state index contributed by atoms with van der Waals surface area (Å²) >= 11 is 1.01. The molecule has 7 nitrogen and oxygen atoms in total. The lowest BCUT2D eigenvalue weighted by Gasteiger charge is -2.11. The Kier molecular flexibility index (Phi) is 4.85. The summed E-state index contributed by atoms with van der Waals surface area (Å²) in [6.07, 6.45) is 1.48. The summed E-state index contributed by atoms with van der Waals surface area (Å²) in [7, 11) is 0. The van der Waals surface area contributed by atoms with E-state index in [0.29, 0.717) is 17.8 Å². The molecule has 0 fully saturated rings. The number of carbonyl (C=O) groups is 1. The number of carboxylic acid groups (broad SMARTS) is 1. The number of carboxylic acids is 1. The van der Waals surface area contributed by atoms with E-state index in [1.54, 1.807) is 35.7 Å². The van der Waals surface area contributed by atoms with Crippen molar-refractivity contribution >= 4 is 28.7 Å². The van der Waals surface area contributed by atoms with Crippen LogP contribution in [0.2, 0.25) is 0 Å². The van der Waals surface area contributed by atoms with E-state index in [4.69, 9.17) is 10.5 Å². The number of aromatic nitrogens is 1. The first-order valence-electron chi connectivity index (χ1n) is 7.60. The molecular formula is C18H15N3O4S. The summed E-state index contributed by atoms with van der Waals surface area (Å²) in [6, 6.07) is 9.66. The Bertz CT molecular complexity index is 1020. The number of aromatic amines is 1. The molecule has 3 aromatic rings. The summed E-state index contributed by atoms with van der Waals surface area (Å²) in [4.78, 5) is 26.0. The van der Waals surface area contributed by atoms with E-state index < -0.39 is 11.5 Å². The van der Waals surface area contributed by atoms with Gasteiger partial charge in [0, 0.05) is 23.7 Å². The van der Waals surface area contributed by atoms with Crippen LogP contribution in [-0.2, 0) is 6.54 Å². The van der Waals surface area contributed by atoms with Gasteiger partial charge in [-0.15, -0.1) is 11.3 Å². The number of pyridine rings is 1. The van der Waals surface area contributed by atoms with Crippen molar-refractivity contribution in [2.45, 2.75) is 6.54 Å². The van der Waals surface area contributed by atoms with Crippen molar-refractivity contribution in [1.29, 1.82) is 5.41 Å². The lowest BCUT2D eigenvalue weighted by atomic mass is 10.0. The molecule has 0 atom stereocenters. The standard InChI is InChI=1S/C18H15N3O4S/c19-16(11-7-14(18(24)25)26-9-11)15-13(5-6-20-17(15)23)21-8-10-1-3-12(22)4-2-10/h1-7,9,19,22H,8H2,(H,24,25)(H2,20,21,23). The van der Waals surface area contributed by atoms with Crippen molar-refractivity contribution in [3.63, 3.8) is 0 Å². The Morgan fingerprint density at radius 3 is 2.62 bits per heavy atom. The molecule has 2 aromatic heterocycles. The van der Waals surface area contributed by atoms with E-state index in [-0.39, 0.29) is 21.9 Å². The maximum Gasteiger partial charge on any atom is 0.345 e. The Morgan fingerprint density at radius 1 is 1.23 bits per heavy atom. The fourth-order valence-electron chi connectivity index (χ4n) is 2.41. The van der Waals surface area contributed by atoms with Crippen LogP contribution in [0.5, 0.6) is 5.75 Å². The van der Waals surface area contributed by atoms with E-state index in [1.807, 2.05) is 0 Å². The number of rotatable bonds is 6. The van der Waals surface area contributed by atoms with Gasteiger partial charge in [-0.05, 0) is 29.8 Å². The molecule has 0 aliphatic carbocycles. The summed E-state index contributed by atoms with van der Waals surface area (Å²) in [5, 5.41) is 31.4. The molecule has 0 spiro atoms. The molecule has 0 amide bonds. The van der Waals surface area contributed by atoms with Crippen molar-refractivity contribution in [2.75, 3.05) is 5.32 Å². The van der Waals surface area contributed by atoms with Crippen molar-refractivity contribution in [2.24, 2.45) is 0 Å². The normalized spacial score (nSPS) is 10.5. The van der Waals surface area contributed by atoms with Crippen LogP contribution in [0.1, 0.15) is 26.4 Å².